The Morgan fingerprint density at radius 3 is 2.74 bits per heavy atom. The number of nitrogens with zero attached hydrogens (tertiary/aromatic N) is 5. The molecule has 19 heavy (non-hydrogen) atoms. The van der Waals surface area contributed by atoms with Crippen molar-refractivity contribution in [2.24, 2.45) is 0 Å². The Morgan fingerprint density at radius 1 is 1.47 bits per heavy atom. The van der Waals surface area contributed by atoms with Crippen LogP contribution in [0.25, 0.3) is 5.65 Å². The van der Waals surface area contributed by atoms with E-state index in [1.54, 1.807) is 35.5 Å². The molecule has 7 heteroatoms. The Morgan fingerprint density at radius 2 is 2.16 bits per heavy atom. The van der Waals surface area contributed by atoms with Gasteiger partial charge in [-0.05, 0) is 27.7 Å². The van der Waals surface area contributed by atoms with Crippen molar-refractivity contribution in [1.82, 2.24) is 19.6 Å². The molecule has 0 amide bonds. The Bertz CT molecular complexity index is 620. The van der Waals surface area contributed by atoms with E-state index in [9.17, 15) is 9.90 Å². The third-order valence-electron chi connectivity index (χ3n) is 3.25. The molecular weight excluding hydrogens is 246 g/mol. The summed E-state index contributed by atoms with van der Waals surface area (Å²) in [5, 5.41) is 17.4. The Labute approximate surface area is 110 Å². The number of likely N-dealkylation sites (N-methyl/N-ethyl adjacent to an activating group) is 1. The molecular formula is C12H17N5O2. The van der Waals surface area contributed by atoms with Gasteiger partial charge in [0.15, 0.2) is 5.82 Å². The fourth-order valence-electron chi connectivity index (χ4n) is 2.04. The lowest BCUT2D eigenvalue weighted by atomic mass is 10.0. The van der Waals surface area contributed by atoms with Crippen LogP contribution < -0.4 is 4.90 Å². The average Bonchev–Trinajstić information content (AvgIpc) is 2.73. The van der Waals surface area contributed by atoms with E-state index in [0.29, 0.717) is 18.0 Å². The molecule has 2 aromatic heterocycles. The minimum atomic E-state index is -1.07. The van der Waals surface area contributed by atoms with Gasteiger partial charge in [0.25, 0.3) is 0 Å². The van der Waals surface area contributed by atoms with Crippen LogP contribution in [0.5, 0.6) is 0 Å². The number of hydrogen-bond donors (Lipinski definition) is 1. The van der Waals surface area contributed by atoms with Crippen LogP contribution in [0.4, 0.5) is 5.82 Å². The number of carbonyl (C=O) groups is 1. The number of rotatable bonds is 4. The number of aliphatic carboxylic acids is 1. The summed E-state index contributed by atoms with van der Waals surface area (Å²) in [4.78, 5) is 17.4. The highest BCUT2D eigenvalue weighted by Gasteiger charge is 2.36. The molecule has 102 valence electrons. The number of fused-ring (bicyclic) bond motifs is 1. The van der Waals surface area contributed by atoms with Gasteiger partial charge in [-0.3, -0.25) is 4.40 Å². The van der Waals surface area contributed by atoms with E-state index >= 15 is 0 Å². The van der Waals surface area contributed by atoms with Gasteiger partial charge in [0, 0.05) is 18.9 Å². The average molecular weight is 263 g/mol. The summed E-state index contributed by atoms with van der Waals surface area (Å²) in [7, 11) is 0. The van der Waals surface area contributed by atoms with E-state index < -0.39 is 11.5 Å². The van der Waals surface area contributed by atoms with Crippen molar-refractivity contribution < 1.29 is 9.90 Å². The third-order valence-corrected chi connectivity index (χ3v) is 3.25. The van der Waals surface area contributed by atoms with Gasteiger partial charge in [0.2, 0.25) is 5.65 Å². The van der Waals surface area contributed by atoms with Crippen molar-refractivity contribution in [3.8, 4) is 0 Å². The molecule has 0 aliphatic rings. The van der Waals surface area contributed by atoms with Crippen LogP contribution in [0.3, 0.4) is 0 Å². The molecule has 0 atom stereocenters. The highest BCUT2D eigenvalue weighted by Crippen LogP contribution is 2.25. The maximum Gasteiger partial charge on any atom is 0.329 e. The molecule has 0 aliphatic carbocycles. The largest absolute Gasteiger partial charge is 0.480 e. The van der Waals surface area contributed by atoms with Crippen molar-refractivity contribution in [2.45, 2.75) is 33.2 Å². The molecule has 7 nitrogen and oxygen atoms in total. The van der Waals surface area contributed by atoms with Gasteiger partial charge in [0.1, 0.15) is 11.4 Å². The molecule has 2 rings (SSSR count). The first-order chi connectivity index (χ1) is 8.89. The van der Waals surface area contributed by atoms with Crippen molar-refractivity contribution >= 4 is 17.4 Å². The standard InChI is InChI=1S/C12H17N5O2/c1-5-17(12(3,4)11(18)19)9-10-15-14-8(2)16(10)7-6-13-9/h6-7H,5H2,1-4H3,(H,18,19). The zero-order chi connectivity index (χ0) is 14.2. The van der Waals surface area contributed by atoms with E-state index in [2.05, 4.69) is 15.2 Å². The number of anilines is 1. The summed E-state index contributed by atoms with van der Waals surface area (Å²) in [6, 6.07) is 0. The Kier molecular flexibility index (Phi) is 3.13. The van der Waals surface area contributed by atoms with Gasteiger partial charge in [-0.2, -0.15) is 0 Å². The molecule has 0 radical (unpaired) electrons. The quantitative estimate of drug-likeness (QED) is 0.890. The highest BCUT2D eigenvalue weighted by molar-refractivity contribution is 5.84. The van der Waals surface area contributed by atoms with E-state index in [1.807, 2.05) is 13.8 Å². The number of hydrogen-bond acceptors (Lipinski definition) is 5. The number of carboxylic acid groups (broad SMARTS) is 1. The van der Waals surface area contributed by atoms with Gasteiger partial charge in [-0.15, -0.1) is 10.2 Å². The van der Waals surface area contributed by atoms with Crippen molar-refractivity contribution in [1.29, 1.82) is 0 Å². The van der Waals surface area contributed by atoms with Crippen LogP contribution in [0.1, 0.15) is 26.6 Å². The second-order valence-corrected chi connectivity index (χ2v) is 4.80. The van der Waals surface area contributed by atoms with Crippen molar-refractivity contribution in [3.63, 3.8) is 0 Å². The lowest BCUT2D eigenvalue weighted by Crippen LogP contribution is -2.50. The molecule has 2 heterocycles. The lowest BCUT2D eigenvalue weighted by molar-refractivity contribution is -0.142. The van der Waals surface area contributed by atoms with Gasteiger partial charge in [-0.25, -0.2) is 9.78 Å². The Hall–Kier alpha value is -2.18. The van der Waals surface area contributed by atoms with Crippen LogP contribution in [0.15, 0.2) is 12.4 Å². The van der Waals surface area contributed by atoms with E-state index in [0.717, 1.165) is 5.82 Å². The summed E-state index contributed by atoms with van der Waals surface area (Å²) in [5.41, 5.74) is -0.500. The maximum absolute atomic E-state index is 11.4. The third kappa shape index (κ3) is 2.00. The van der Waals surface area contributed by atoms with E-state index in [4.69, 9.17) is 0 Å². The fourth-order valence-corrected chi connectivity index (χ4v) is 2.04. The predicted molar refractivity (Wildman–Crippen MR) is 70.3 cm³/mol. The summed E-state index contributed by atoms with van der Waals surface area (Å²) >= 11 is 0. The SMILES string of the molecule is CCN(c1nccn2c(C)nnc12)C(C)(C)C(=O)O. The normalized spacial score (nSPS) is 11.8. The number of aryl methyl sites for hydroxylation is 1. The molecule has 0 saturated heterocycles. The second-order valence-electron chi connectivity index (χ2n) is 4.80. The van der Waals surface area contributed by atoms with Crippen LogP contribution in [0, 0.1) is 6.92 Å². The lowest BCUT2D eigenvalue weighted by Gasteiger charge is -2.35. The van der Waals surface area contributed by atoms with Crippen LogP contribution in [-0.4, -0.2) is 42.7 Å². The first kappa shape index (κ1) is 13.3. The number of carboxylic acids is 1. The van der Waals surface area contributed by atoms with Crippen LogP contribution in [0.2, 0.25) is 0 Å². The fraction of sp³-hybridized carbons (Fsp3) is 0.500. The summed E-state index contributed by atoms with van der Waals surface area (Å²) in [6.45, 7) is 7.53. The minimum absolute atomic E-state index is 0.512. The zero-order valence-electron chi connectivity index (χ0n) is 11.5. The highest BCUT2D eigenvalue weighted by atomic mass is 16.4. The predicted octanol–water partition coefficient (Wildman–Crippen LogP) is 1.12. The van der Waals surface area contributed by atoms with E-state index in [-0.39, 0.29) is 0 Å². The summed E-state index contributed by atoms with van der Waals surface area (Å²) < 4.78 is 1.79. The van der Waals surface area contributed by atoms with E-state index in [1.165, 1.54) is 0 Å². The molecule has 0 fully saturated rings. The maximum atomic E-state index is 11.4. The summed E-state index contributed by atoms with van der Waals surface area (Å²) in [5.74, 6) is 0.357. The molecule has 0 aromatic carbocycles. The monoisotopic (exact) mass is 263 g/mol. The molecule has 1 N–H and O–H groups in total. The van der Waals surface area contributed by atoms with Crippen molar-refractivity contribution in [2.75, 3.05) is 11.4 Å². The van der Waals surface area contributed by atoms with Crippen LogP contribution >= 0.6 is 0 Å². The molecule has 2 aromatic rings. The molecule has 0 unspecified atom stereocenters. The number of aromatic nitrogens is 4. The Balaban J connectivity index is 2.62. The first-order valence-corrected chi connectivity index (χ1v) is 6.07. The van der Waals surface area contributed by atoms with Gasteiger partial charge in [0.05, 0.1) is 0 Å². The van der Waals surface area contributed by atoms with Crippen LogP contribution in [-0.2, 0) is 4.79 Å². The van der Waals surface area contributed by atoms with Gasteiger partial charge in [-0.1, -0.05) is 0 Å². The van der Waals surface area contributed by atoms with Gasteiger partial charge < -0.3 is 10.0 Å². The van der Waals surface area contributed by atoms with Crippen molar-refractivity contribution in [3.05, 3.63) is 18.2 Å². The summed E-state index contributed by atoms with van der Waals surface area (Å²) in [6.07, 6.45) is 3.38. The minimum Gasteiger partial charge on any atom is -0.480 e. The van der Waals surface area contributed by atoms with Gasteiger partial charge >= 0.3 is 5.97 Å². The molecule has 0 aliphatic heterocycles. The molecule has 0 saturated carbocycles. The molecule has 0 spiro atoms. The zero-order valence-corrected chi connectivity index (χ0v) is 11.5. The topological polar surface area (TPSA) is 83.6 Å². The smallest absolute Gasteiger partial charge is 0.329 e. The first-order valence-electron chi connectivity index (χ1n) is 6.07. The second kappa shape index (κ2) is 4.49. The molecule has 0 bridgehead atoms.